The summed E-state index contributed by atoms with van der Waals surface area (Å²) in [5, 5.41) is 8.92. The summed E-state index contributed by atoms with van der Waals surface area (Å²) in [6.07, 6.45) is -0.454. The van der Waals surface area contributed by atoms with Crippen LogP contribution < -0.4 is 21.7 Å². The molecular weight excluding hydrogens is 461 g/mol. The Balaban J connectivity index is 0.00000676. The van der Waals surface area contributed by atoms with Crippen LogP contribution in [-0.4, -0.2) is 43.2 Å². The number of nitrogens with one attached hydrogen (secondary N) is 3. The molecule has 1 rings (SSSR count). The number of alkyl carbamates (subject to hydrolysis) is 1. The van der Waals surface area contributed by atoms with Crippen LogP contribution in [0.15, 0.2) is 29.3 Å². The number of hydrogen-bond acceptors (Lipinski definition) is 4. The zero-order chi connectivity index (χ0) is 19.6. The molecule has 0 fully saturated rings. The summed E-state index contributed by atoms with van der Waals surface area (Å²) in [4.78, 5) is 27.3. The van der Waals surface area contributed by atoms with Crippen LogP contribution >= 0.6 is 24.0 Å². The van der Waals surface area contributed by atoms with E-state index in [1.807, 2.05) is 33.8 Å². The number of carbonyl (C=O) groups excluding carboxylic acids is 2. The van der Waals surface area contributed by atoms with E-state index < -0.39 is 17.6 Å². The van der Waals surface area contributed by atoms with Gasteiger partial charge in [-0.25, -0.2) is 9.79 Å². The minimum Gasteiger partial charge on any atom is -0.444 e. The number of aliphatic imine (C=N–C) groups is 1. The third kappa shape index (κ3) is 11.3. The van der Waals surface area contributed by atoms with Crippen LogP contribution in [0.25, 0.3) is 0 Å². The van der Waals surface area contributed by atoms with E-state index in [0.717, 1.165) is 5.56 Å². The summed E-state index contributed by atoms with van der Waals surface area (Å²) in [6, 6.07) is 7.04. The monoisotopic (exact) mass is 491 g/mol. The van der Waals surface area contributed by atoms with Gasteiger partial charge in [0.2, 0.25) is 5.91 Å². The molecule has 0 saturated heterocycles. The summed E-state index contributed by atoms with van der Waals surface area (Å²) >= 11 is 0. The average Bonchev–Trinajstić information content (AvgIpc) is 2.55. The van der Waals surface area contributed by atoms with Crippen molar-refractivity contribution in [3.8, 4) is 0 Å². The zero-order valence-corrected chi connectivity index (χ0v) is 18.6. The maximum absolute atomic E-state index is 11.6. The molecule has 0 bridgehead atoms. The van der Waals surface area contributed by atoms with Crippen LogP contribution in [-0.2, 0) is 11.3 Å². The molecule has 8 nitrogen and oxygen atoms in total. The first-order valence-corrected chi connectivity index (χ1v) is 8.59. The third-order valence-electron chi connectivity index (χ3n) is 3.06. The van der Waals surface area contributed by atoms with Crippen molar-refractivity contribution in [2.24, 2.45) is 10.7 Å². The molecule has 2 amide bonds. The Morgan fingerprint density at radius 2 is 1.81 bits per heavy atom. The molecule has 9 heteroatoms. The van der Waals surface area contributed by atoms with Gasteiger partial charge < -0.3 is 26.4 Å². The molecule has 0 unspecified atom stereocenters. The Kier molecular flexibility index (Phi) is 11.4. The lowest BCUT2D eigenvalue weighted by molar-refractivity contribution is 0.0528. The molecule has 0 aliphatic heterocycles. The van der Waals surface area contributed by atoms with Gasteiger partial charge in [0.05, 0.1) is 6.54 Å². The van der Waals surface area contributed by atoms with Crippen molar-refractivity contribution in [2.75, 3.05) is 19.6 Å². The molecule has 0 heterocycles. The first-order chi connectivity index (χ1) is 12.2. The van der Waals surface area contributed by atoms with Gasteiger partial charge in [0.1, 0.15) is 5.60 Å². The number of ether oxygens (including phenoxy) is 1. The highest BCUT2D eigenvalue weighted by Crippen LogP contribution is 2.06. The highest BCUT2D eigenvalue weighted by Gasteiger charge is 2.15. The number of nitrogens with two attached hydrogens (primary N) is 1. The lowest BCUT2D eigenvalue weighted by atomic mass is 10.1. The van der Waals surface area contributed by atoms with E-state index in [1.165, 1.54) is 0 Å². The maximum atomic E-state index is 11.6. The Morgan fingerprint density at radius 3 is 2.41 bits per heavy atom. The Morgan fingerprint density at radius 1 is 1.15 bits per heavy atom. The predicted octanol–water partition coefficient (Wildman–Crippen LogP) is 1.98. The molecular formula is C18H30IN5O3. The second kappa shape index (κ2) is 12.4. The molecule has 0 spiro atoms. The normalized spacial score (nSPS) is 11.2. The molecule has 0 aliphatic rings. The molecule has 27 heavy (non-hydrogen) atoms. The molecule has 0 saturated carbocycles. The predicted molar refractivity (Wildman–Crippen MR) is 117 cm³/mol. The van der Waals surface area contributed by atoms with Crippen molar-refractivity contribution >= 4 is 41.9 Å². The number of nitrogens with zero attached hydrogens (tertiary/aromatic N) is 1. The first-order valence-electron chi connectivity index (χ1n) is 8.59. The van der Waals surface area contributed by atoms with Crippen molar-refractivity contribution < 1.29 is 14.3 Å². The quantitative estimate of drug-likeness (QED) is 0.201. The largest absolute Gasteiger partial charge is 0.444 e. The minimum atomic E-state index is -0.520. The van der Waals surface area contributed by atoms with Gasteiger partial charge in [0.15, 0.2) is 5.96 Å². The van der Waals surface area contributed by atoms with E-state index >= 15 is 0 Å². The smallest absolute Gasteiger partial charge is 0.407 e. The number of hydrogen-bond donors (Lipinski definition) is 4. The molecule has 0 aliphatic carbocycles. The van der Waals surface area contributed by atoms with Gasteiger partial charge in [-0.1, -0.05) is 12.1 Å². The molecule has 152 valence electrons. The second-order valence-corrected chi connectivity index (χ2v) is 6.62. The summed E-state index contributed by atoms with van der Waals surface area (Å²) in [5.41, 5.74) is 6.10. The first kappa shape index (κ1) is 25.0. The van der Waals surface area contributed by atoms with Crippen molar-refractivity contribution in [2.45, 2.75) is 39.8 Å². The van der Waals surface area contributed by atoms with Crippen LogP contribution in [0.1, 0.15) is 43.6 Å². The van der Waals surface area contributed by atoms with E-state index in [0.29, 0.717) is 37.7 Å². The maximum Gasteiger partial charge on any atom is 0.407 e. The van der Waals surface area contributed by atoms with Crippen molar-refractivity contribution in [1.82, 2.24) is 16.0 Å². The van der Waals surface area contributed by atoms with E-state index in [-0.39, 0.29) is 24.0 Å². The number of rotatable bonds is 7. The van der Waals surface area contributed by atoms with E-state index in [9.17, 15) is 9.59 Å². The number of amides is 2. The molecule has 1 aromatic carbocycles. The lowest BCUT2D eigenvalue weighted by Crippen LogP contribution is -2.42. The van der Waals surface area contributed by atoms with Crippen LogP contribution in [0.5, 0.6) is 0 Å². The van der Waals surface area contributed by atoms with Gasteiger partial charge in [-0.05, 0) is 45.4 Å². The van der Waals surface area contributed by atoms with Crippen molar-refractivity contribution in [3.05, 3.63) is 35.4 Å². The number of guanidine groups is 1. The fraction of sp³-hybridized carbons (Fsp3) is 0.500. The van der Waals surface area contributed by atoms with Gasteiger partial charge >= 0.3 is 6.09 Å². The van der Waals surface area contributed by atoms with E-state index in [4.69, 9.17) is 10.5 Å². The number of carbonyl (C=O) groups is 2. The second-order valence-electron chi connectivity index (χ2n) is 6.62. The molecule has 0 aromatic heterocycles. The van der Waals surface area contributed by atoms with Crippen molar-refractivity contribution in [3.63, 3.8) is 0 Å². The number of halogens is 1. The van der Waals surface area contributed by atoms with E-state index in [1.54, 1.807) is 18.2 Å². The van der Waals surface area contributed by atoms with Crippen molar-refractivity contribution in [1.29, 1.82) is 0 Å². The van der Waals surface area contributed by atoms with Crippen LogP contribution in [0.2, 0.25) is 0 Å². The standard InChI is InChI=1S/C18H29N5O3.HI/c1-5-20-16(21-9-10-22-17(25)26-18(2,3)4)23-12-13-7-6-8-14(11-13)15(19)24;/h6-8,11H,5,9-10,12H2,1-4H3,(H2,19,24)(H,22,25)(H2,20,21,23);1H. The number of benzene rings is 1. The van der Waals surface area contributed by atoms with Gasteiger partial charge in [-0.3, -0.25) is 4.79 Å². The highest BCUT2D eigenvalue weighted by molar-refractivity contribution is 14.0. The SMILES string of the molecule is CCNC(=NCc1cccc(C(N)=O)c1)NCCNC(=O)OC(C)(C)C.I. The fourth-order valence-corrected chi connectivity index (χ4v) is 1.99. The van der Waals surface area contributed by atoms with Gasteiger partial charge in [0, 0.05) is 25.2 Å². The van der Waals surface area contributed by atoms with Gasteiger partial charge in [0.25, 0.3) is 0 Å². The minimum absolute atomic E-state index is 0. The Labute approximate surface area is 177 Å². The Bertz CT molecular complexity index is 644. The topological polar surface area (TPSA) is 118 Å². The summed E-state index contributed by atoms with van der Waals surface area (Å²) in [5.74, 6) is 0.150. The van der Waals surface area contributed by atoms with Crippen LogP contribution in [0.3, 0.4) is 0 Å². The zero-order valence-electron chi connectivity index (χ0n) is 16.3. The molecule has 0 radical (unpaired) electrons. The van der Waals surface area contributed by atoms with Crippen LogP contribution in [0, 0.1) is 0 Å². The lowest BCUT2D eigenvalue weighted by Gasteiger charge is -2.19. The summed E-state index contributed by atoms with van der Waals surface area (Å²) in [7, 11) is 0. The summed E-state index contributed by atoms with van der Waals surface area (Å²) in [6.45, 7) is 9.39. The number of primary amides is 1. The van der Waals surface area contributed by atoms with E-state index in [2.05, 4.69) is 20.9 Å². The van der Waals surface area contributed by atoms with Gasteiger partial charge in [-0.15, -0.1) is 24.0 Å². The third-order valence-corrected chi connectivity index (χ3v) is 3.06. The van der Waals surface area contributed by atoms with Crippen LogP contribution in [0.4, 0.5) is 4.79 Å². The molecule has 0 atom stereocenters. The Hall–Kier alpha value is -2.04. The molecule has 5 N–H and O–H groups in total. The fourth-order valence-electron chi connectivity index (χ4n) is 1.99. The average molecular weight is 491 g/mol. The van der Waals surface area contributed by atoms with Gasteiger partial charge in [-0.2, -0.15) is 0 Å². The summed E-state index contributed by atoms with van der Waals surface area (Å²) < 4.78 is 5.17. The highest BCUT2D eigenvalue weighted by atomic mass is 127. The molecule has 1 aromatic rings.